The molecule has 4 rings (SSSR count). The van der Waals surface area contributed by atoms with E-state index in [0.717, 1.165) is 45.4 Å². The first-order chi connectivity index (χ1) is 13.8. The fourth-order valence-electron chi connectivity index (χ4n) is 4.16. The Kier molecular flexibility index (Phi) is 5.67. The Morgan fingerprint density at radius 1 is 1.24 bits per heavy atom. The van der Waals surface area contributed by atoms with Crippen LogP contribution in [0.3, 0.4) is 0 Å². The number of amides is 1. The highest BCUT2D eigenvalue weighted by molar-refractivity contribution is 8.00. The minimum Gasteiger partial charge on any atom is -0.325 e. The van der Waals surface area contributed by atoms with Crippen LogP contribution < -0.4 is 5.32 Å². The standard InChI is InChI=1S/C23H27N3OS2/c1-12-6-7-17-18(10-12)29-23-19(17)22(24-11-25-23)28-16(5)21(27)26-20-14(3)8-13(2)9-15(20)4/h8-9,11-12,16H,6-7,10H2,1-5H3,(H,26,27)/t12-,16-/m1/s1. The fraction of sp³-hybridized carbons (Fsp3) is 0.435. The molecule has 2 aromatic heterocycles. The molecule has 0 saturated heterocycles. The number of aromatic nitrogens is 2. The fourth-order valence-corrected chi connectivity index (χ4v) is 6.52. The molecule has 1 aliphatic rings. The van der Waals surface area contributed by atoms with Crippen molar-refractivity contribution in [2.75, 3.05) is 5.32 Å². The number of nitrogens with zero attached hydrogens (tertiary/aromatic N) is 2. The van der Waals surface area contributed by atoms with Gasteiger partial charge in [-0.2, -0.15) is 0 Å². The second kappa shape index (κ2) is 8.07. The van der Waals surface area contributed by atoms with Crippen molar-refractivity contribution in [1.82, 2.24) is 9.97 Å². The number of carbonyl (C=O) groups excluding carboxylic acids is 1. The number of carbonyl (C=O) groups is 1. The second-order valence-corrected chi connectivity index (χ2v) is 10.6. The van der Waals surface area contributed by atoms with Crippen LogP contribution in [0.5, 0.6) is 0 Å². The zero-order chi connectivity index (χ0) is 20.7. The highest BCUT2D eigenvalue weighted by Gasteiger charge is 2.25. The summed E-state index contributed by atoms with van der Waals surface area (Å²) in [5, 5.41) is 5.00. The summed E-state index contributed by atoms with van der Waals surface area (Å²) in [5.41, 5.74) is 5.73. The van der Waals surface area contributed by atoms with Crippen molar-refractivity contribution in [3.63, 3.8) is 0 Å². The van der Waals surface area contributed by atoms with E-state index in [-0.39, 0.29) is 11.2 Å². The van der Waals surface area contributed by atoms with Crippen LogP contribution in [0.15, 0.2) is 23.5 Å². The average molecular weight is 426 g/mol. The van der Waals surface area contributed by atoms with Gasteiger partial charge in [0, 0.05) is 16.0 Å². The van der Waals surface area contributed by atoms with Crippen molar-refractivity contribution >= 4 is 44.9 Å². The van der Waals surface area contributed by atoms with E-state index in [4.69, 9.17) is 0 Å². The van der Waals surface area contributed by atoms with E-state index >= 15 is 0 Å². The predicted octanol–water partition coefficient (Wildman–Crippen LogP) is 5.86. The summed E-state index contributed by atoms with van der Waals surface area (Å²) in [6.07, 6.45) is 5.05. The number of hydrogen-bond acceptors (Lipinski definition) is 5. The molecule has 1 amide bonds. The molecule has 0 saturated carbocycles. The second-order valence-electron chi connectivity index (χ2n) is 8.23. The van der Waals surface area contributed by atoms with Gasteiger partial charge in [-0.1, -0.05) is 36.4 Å². The van der Waals surface area contributed by atoms with Crippen LogP contribution in [0.4, 0.5) is 5.69 Å². The summed E-state index contributed by atoms with van der Waals surface area (Å²) < 4.78 is 0. The molecule has 4 nitrogen and oxygen atoms in total. The molecule has 3 aromatic rings. The maximum Gasteiger partial charge on any atom is 0.237 e. The Labute approximate surface area is 180 Å². The third kappa shape index (κ3) is 4.05. The average Bonchev–Trinajstić information content (AvgIpc) is 3.02. The first-order valence-electron chi connectivity index (χ1n) is 10.1. The zero-order valence-electron chi connectivity index (χ0n) is 17.6. The predicted molar refractivity (Wildman–Crippen MR) is 123 cm³/mol. The van der Waals surface area contributed by atoms with Crippen molar-refractivity contribution in [2.45, 2.75) is 64.2 Å². The van der Waals surface area contributed by atoms with Crippen LogP contribution in [-0.4, -0.2) is 21.1 Å². The Balaban J connectivity index is 1.58. The third-order valence-corrected chi connectivity index (χ3v) is 7.90. The number of rotatable bonds is 4. The Morgan fingerprint density at radius 3 is 2.69 bits per heavy atom. The largest absolute Gasteiger partial charge is 0.325 e. The molecule has 0 fully saturated rings. The third-order valence-electron chi connectivity index (χ3n) is 5.64. The quantitative estimate of drug-likeness (QED) is 0.420. The highest BCUT2D eigenvalue weighted by atomic mass is 32.2. The van der Waals surface area contributed by atoms with E-state index in [2.05, 4.69) is 41.3 Å². The van der Waals surface area contributed by atoms with Gasteiger partial charge in [0.15, 0.2) is 0 Å². The van der Waals surface area contributed by atoms with Gasteiger partial charge in [0.25, 0.3) is 0 Å². The molecule has 6 heteroatoms. The molecular formula is C23H27N3OS2. The first kappa shape index (κ1) is 20.4. The zero-order valence-corrected chi connectivity index (χ0v) is 19.3. The minimum absolute atomic E-state index is 0.00883. The van der Waals surface area contributed by atoms with Crippen molar-refractivity contribution in [3.8, 4) is 0 Å². The Bertz CT molecular complexity index is 1070. The molecular weight excluding hydrogens is 398 g/mol. The van der Waals surface area contributed by atoms with Crippen LogP contribution in [0.25, 0.3) is 10.2 Å². The van der Waals surface area contributed by atoms with Gasteiger partial charge in [0.2, 0.25) is 5.91 Å². The van der Waals surface area contributed by atoms with Crippen molar-refractivity contribution in [2.24, 2.45) is 5.92 Å². The highest BCUT2D eigenvalue weighted by Crippen LogP contribution is 2.41. The number of fused-ring (bicyclic) bond motifs is 3. The van der Waals surface area contributed by atoms with Crippen LogP contribution >= 0.6 is 23.1 Å². The summed E-state index contributed by atoms with van der Waals surface area (Å²) in [6, 6.07) is 4.21. The number of thiophene rings is 1. The monoisotopic (exact) mass is 425 g/mol. The van der Waals surface area contributed by atoms with Crippen molar-refractivity contribution < 1.29 is 4.79 Å². The normalized spacial score (nSPS) is 17.2. The molecule has 0 bridgehead atoms. The van der Waals surface area contributed by atoms with Gasteiger partial charge in [-0.15, -0.1) is 11.3 Å². The molecule has 29 heavy (non-hydrogen) atoms. The maximum atomic E-state index is 12.9. The van der Waals surface area contributed by atoms with Gasteiger partial charge in [-0.25, -0.2) is 9.97 Å². The van der Waals surface area contributed by atoms with E-state index in [1.807, 2.05) is 20.8 Å². The van der Waals surface area contributed by atoms with Crippen LogP contribution in [0.1, 0.15) is 47.4 Å². The van der Waals surface area contributed by atoms with Crippen LogP contribution in [-0.2, 0) is 17.6 Å². The van der Waals surface area contributed by atoms with Crippen molar-refractivity contribution in [1.29, 1.82) is 0 Å². The first-order valence-corrected chi connectivity index (χ1v) is 11.8. The van der Waals surface area contributed by atoms with E-state index in [0.29, 0.717) is 0 Å². The summed E-state index contributed by atoms with van der Waals surface area (Å²) in [6.45, 7) is 10.4. The van der Waals surface area contributed by atoms with Gasteiger partial charge in [0.05, 0.1) is 5.25 Å². The lowest BCUT2D eigenvalue weighted by Crippen LogP contribution is -2.23. The van der Waals surface area contributed by atoms with Crippen molar-refractivity contribution in [3.05, 3.63) is 45.6 Å². The van der Waals surface area contributed by atoms with E-state index in [9.17, 15) is 4.79 Å². The summed E-state index contributed by atoms with van der Waals surface area (Å²) >= 11 is 3.33. The molecule has 0 spiro atoms. The maximum absolute atomic E-state index is 12.9. The summed E-state index contributed by atoms with van der Waals surface area (Å²) in [7, 11) is 0. The van der Waals surface area contributed by atoms with Crippen LogP contribution in [0, 0.1) is 26.7 Å². The number of anilines is 1. The molecule has 0 aliphatic heterocycles. The van der Waals surface area contributed by atoms with Gasteiger partial charge in [0.1, 0.15) is 16.2 Å². The molecule has 1 aromatic carbocycles. The molecule has 0 radical (unpaired) electrons. The summed E-state index contributed by atoms with van der Waals surface area (Å²) in [5.74, 6) is 0.736. The smallest absolute Gasteiger partial charge is 0.237 e. The molecule has 1 N–H and O–H groups in total. The number of hydrogen-bond donors (Lipinski definition) is 1. The molecule has 2 atom stereocenters. The van der Waals surface area contributed by atoms with Gasteiger partial charge >= 0.3 is 0 Å². The lowest BCUT2D eigenvalue weighted by atomic mass is 9.89. The van der Waals surface area contributed by atoms with Crippen LogP contribution in [0.2, 0.25) is 0 Å². The number of benzene rings is 1. The Morgan fingerprint density at radius 2 is 1.97 bits per heavy atom. The van der Waals surface area contributed by atoms with Gasteiger partial charge < -0.3 is 5.32 Å². The number of aryl methyl sites for hydroxylation is 4. The van der Waals surface area contributed by atoms with E-state index in [1.165, 1.54) is 39.6 Å². The van der Waals surface area contributed by atoms with E-state index in [1.54, 1.807) is 17.7 Å². The molecule has 152 valence electrons. The number of thioether (sulfide) groups is 1. The summed E-state index contributed by atoms with van der Waals surface area (Å²) in [4.78, 5) is 24.5. The van der Waals surface area contributed by atoms with E-state index < -0.39 is 0 Å². The van der Waals surface area contributed by atoms with Gasteiger partial charge in [-0.3, -0.25) is 4.79 Å². The molecule has 0 unspecified atom stereocenters. The lowest BCUT2D eigenvalue weighted by Gasteiger charge is -2.19. The Hall–Kier alpha value is -1.92. The molecule has 2 heterocycles. The minimum atomic E-state index is -0.244. The number of nitrogens with one attached hydrogen (secondary N) is 1. The molecule has 1 aliphatic carbocycles. The topological polar surface area (TPSA) is 54.9 Å². The SMILES string of the molecule is Cc1cc(C)c(NC(=O)[C@@H](C)Sc2ncnc3sc4c(c23)CC[C@@H](C)C4)c(C)c1. The lowest BCUT2D eigenvalue weighted by molar-refractivity contribution is -0.115. The van der Waals surface area contributed by atoms with Gasteiger partial charge in [-0.05, 0) is 69.6 Å².